The number of aliphatic hydroxyl groups excluding tert-OH is 1. The predicted octanol–water partition coefficient (Wildman–Crippen LogP) is 9.32. The van der Waals surface area contributed by atoms with Gasteiger partial charge in [-0.15, -0.1) is 0 Å². The van der Waals surface area contributed by atoms with Gasteiger partial charge in [-0.25, -0.2) is 0 Å². The van der Waals surface area contributed by atoms with E-state index in [9.17, 15) is 9.90 Å². The van der Waals surface area contributed by atoms with Crippen molar-refractivity contribution in [3.63, 3.8) is 0 Å². The van der Waals surface area contributed by atoms with Crippen LogP contribution in [0.3, 0.4) is 0 Å². The summed E-state index contributed by atoms with van der Waals surface area (Å²) in [4.78, 5) is 11.8. The molecule has 0 bridgehead atoms. The van der Waals surface area contributed by atoms with E-state index in [1.807, 2.05) is 6.08 Å². The van der Waals surface area contributed by atoms with Crippen LogP contribution < -0.4 is 0 Å². The Bertz CT molecular complexity index is 419. The Kier molecular flexibility index (Phi) is 26.7. The van der Waals surface area contributed by atoms with Crippen LogP contribution in [0.1, 0.15) is 155 Å². The van der Waals surface area contributed by atoms with E-state index in [-0.39, 0.29) is 5.97 Å². The highest BCUT2D eigenvalue weighted by atomic mass is 16.5. The van der Waals surface area contributed by atoms with Gasteiger partial charge in [0.05, 0.1) is 0 Å². The molecule has 0 spiro atoms. The van der Waals surface area contributed by atoms with Crippen LogP contribution in [-0.2, 0) is 9.53 Å². The molecule has 0 saturated carbocycles. The number of hydrogen-bond acceptors (Lipinski definition) is 3. The van der Waals surface area contributed by atoms with Crippen molar-refractivity contribution in [2.45, 2.75) is 155 Å². The molecule has 0 aliphatic carbocycles. The largest absolute Gasteiger partial charge is 0.461 e. The van der Waals surface area contributed by atoms with Crippen LogP contribution >= 0.6 is 0 Å². The molecule has 0 amide bonds. The number of carbonyl (C=O) groups excluding carboxylic acids is 1. The quantitative estimate of drug-likeness (QED) is 0.0784. The van der Waals surface area contributed by atoms with Gasteiger partial charge >= 0.3 is 5.97 Å². The van der Waals surface area contributed by atoms with Gasteiger partial charge in [0.2, 0.25) is 0 Å². The summed E-state index contributed by atoms with van der Waals surface area (Å²) < 4.78 is 5.28. The van der Waals surface area contributed by atoms with Gasteiger partial charge in [0.1, 0.15) is 6.61 Å². The maximum atomic E-state index is 11.8. The minimum atomic E-state index is -0.0529. The van der Waals surface area contributed by atoms with Gasteiger partial charge in [0.15, 0.2) is 0 Å². The highest BCUT2D eigenvalue weighted by Gasteiger charge is 2.08. The number of allylic oxidation sites excluding steroid dienone is 1. The van der Waals surface area contributed by atoms with Gasteiger partial charge in [-0.3, -0.25) is 4.79 Å². The molecule has 0 aromatic rings. The summed E-state index contributed by atoms with van der Waals surface area (Å²) >= 11 is 0. The van der Waals surface area contributed by atoms with Crippen LogP contribution in [0.25, 0.3) is 0 Å². The van der Waals surface area contributed by atoms with E-state index in [0.717, 1.165) is 25.7 Å². The fourth-order valence-corrected chi connectivity index (χ4v) is 4.50. The lowest BCUT2D eigenvalue weighted by molar-refractivity contribution is -0.142. The monoisotopic (exact) mass is 466 g/mol. The third-order valence-corrected chi connectivity index (χ3v) is 6.73. The van der Waals surface area contributed by atoms with Crippen molar-refractivity contribution < 1.29 is 14.6 Å². The minimum Gasteiger partial charge on any atom is -0.461 e. The molecule has 0 rings (SSSR count). The average Bonchev–Trinajstić information content (AvgIpc) is 2.81. The van der Waals surface area contributed by atoms with E-state index < -0.39 is 0 Å². The maximum absolute atomic E-state index is 11.8. The molecule has 3 heteroatoms. The number of ether oxygens (including phenoxy) is 1. The van der Waals surface area contributed by atoms with Gasteiger partial charge in [-0.2, -0.15) is 0 Å². The summed E-state index contributed by atoms with van der Waals surface area (Å²) in [5, 5.41) is 9.36. The second kappa shape index (κ2) is 27.4. The van der Waals surface area contributed by atoms with Crippen molar-refractivity contribution in [3.8, 4) is 0 Å². The molecule has 33 heavy (non-hydrogen) atoms. The Morgan fingerprint density at radius 2 is 1.18 bits per heavy atom. The Morgan fingerprint density at radius 1 is 0.667 bits per heavy atom. The number of hydrogen-bond donors (Lipinski definition) is 1. The standard InChI is InChI=1S/C30H58O3/c1-3-5-7-9-11-15-19-23-29(26-27-31)24-20-16-12-13-17-21-25-30(32)33-28-22-18-14-10-8-6-4-2/h18,22,29,31H,3-17,19-21,23-28H2,1-2H3. The van der Waals surface area contributed by atoms with Gasteiger partial charge < -0.3 is 9.84 Å². The molecule has 0 radical (unpaired) electrons. The van der Waals surface area contributed by atoms with E-state index >= 15 is 0 Å². The molecule has 3 nitrogen and oxygen atoms in total. The molecule has 0 fully saturated rings. The van der Waals surface area contributed by atoms with E-state index in [2.05, 4.69) is 19.9 Å². The molecule has 0 aromatic carbocycles. The van der Waals surface area contributed by atoms with Crippen molar-refractivity contribution in [1.82, 2.24) is 0 Å². The van der Waals surface area contributed by atoms with Crippen molar-refractivity contribution >= 4 is 5.97 Å². The smallest absolute Gasteiger partial charge is 0.306 e. The predicted molar refractivity (Wildman–Crippen MR) is 144 cm³/mol. The van der Waals surface area contributed by atoms with E-state index in [0.29, 0.717) is 25.6 Å². The van der Waals surface area contributed by atoms with Crippen LogP contribution in [-0.4, -0.2) is 24.3 Å². The fourth-order valence-electron chi connectivity index (χ4n) is 4.50. The number of unbranched alkanes of at least 4 members (excludes halogenated alkanes) is 15. The second-order valence-corrected chi connectivity index (χ2v) is 9.95. The average molecular weight is 467 g/mol. The van der Waals surface area contributed by atoms with Gasteiger partial charge in [-0.1, -0.05) is 135 Å². The van der Waals surface area contributed by atoms with E-state index in [4.69, 9.17) is 4.74 Å². The first-order valence-electron chi connectivity index (χ1n) is 14.7. The summed E-state index contributed by atoms with van der Waals surface area (Å²) in [6.07, 6.45) is 31.1. The van der Waals surface area contributed by atoms with E-state index in [1.54, 1.807) is 0 Å². The lowest BCUT2D eigenvalue weighted by Gasteiger charge is -2.15. The molecule has 0 aliphatic rings. The summed E-state index contributed by atoms with van der Waals surface area (Å²) in [6, 6.07) is 0. The summed E-state index contributed by atoms with van der Waals surface area (Å²) in [5.41, 5.74) is 0. The first-order valence-corrected chi connectivity index (χ1v) is 14.7. The molecule has 1 unspecified atom stereocenters. The topological polar surface area (TPSA) is 46.5 Å². The first kappa shape index (κ1) is 32.2. The zero-order chi connectivity index (χ0) is 24.2. The first-order chi connectivity index (χ1) is 16.2. The molecular formula is C30H58O3. The molecule has 1 atom stereocenters. The molecular weight excluding hydrogens is 408 g/mol. The Morgan fingerprint density at radius 3 is 1.76 bits per heavy atom. The third-order valence-electron chi connectivity index (χ3n) is 6.73. The fraction of sp³-hybridized carbons (Fsp3) is 0.900. The van der Waals surface area contributed by atoms with Crippen molar-refractivity contribution in [1.29, 1.82) is 0 Å². The van der Waals surface area contributed by atoms with Gasteiger partial charge in [0, 0.05) is 13.0 Å². The summed E-state index contributed by atoms with van der Waals surface area (Å²) in [7, 11) is 0. The molecule has 196 valence electrons. The Balaban J connectivity index is 3.51. The Labute approximate surface area is 207 Å². The molecule has 0 aliphatic heterocycles. The van der Waals surface area contributed by atoms with Crippen LogP contribution in [0.15, 0.2) is 12.2 Å². The molecule has 0 saturated heterocycles. The normalized spacial score (nSPS) is 12.5. The number of carbonyl (C=O) groups is 1. The maximum Gasteiger partial charge on any atom is 0.306 e. The number of esters is 1. The van der Waals surface area contributed by atoms with E-state index in [1.165, 1.54) is 109 Å². The zero-order valence-corrected chi connectivity index (χ0v) is 22.5. The number of aliphatic hydroxyl groups is 1. The van der Waals surface area contributed by atoms with Crippen molar-refractivity contribution in [2.75, 3.05) is 13.2 Å². The van der Waals surface area contributed by atoms with Crippen molar-refractivity contribution in [2.24, 2.45) is 5.92 Å². The summed E-state index contributed by atoms with van der Waals surface area (Å²) in [5.74, 6) is 0.661. The van der Waals surface area contributed by atoms with Crippen LogP contribution in [0.4, 0.5) is 0 Å². The zero-order valence-electron chi connectivity index (χ0n) is 22.5. The van der Waals surface area contributed by atoms with Gasteiger partial charge in [0.25, 0.3) is 0 Å². The molecule has 0 heterocycles. The summed E-state index contributed by atoms with van der Waals surface area (Å²) in [6.45, 7) is 5.27. The third kappa shape index (κ3) is 25.6. The molecule has 1 N–H and O–H groups in total. The van der Waals surface area contributed by atoms with Crippen LogP contribution in [0, 0.1) is 5.92 Å². The Hall–Kier alpha value is -0.830. The second-order valence-electron chi connectivity index (χ2n) is 9.95. The SMILES string of the molecule is CCCCCCC=CCOC(=O)CCCCCCCCC(CCO)CCCCCCCCC. The highest BCUT2D eigenvalue weighted by molar-refractivity contribution is 5.69. The molecule has 0 aromatic heterocycles. The lowest BCUT2D eigenvalue weighted by Crippen LogP contribution is -2.04. The number of rotatable bonds is 26. The van der Waals surface area contributed by atoms with Gasteiger partial charge in [-0.05, 0) is 31.6 Å². The van der Waals surface area contributed by atoms with Crippen molar-refractivity contribution in [3.05, 3.63) is 12.2 Å². The lowest BCUT2D eigenvalue weighted by atomic mass is 9.92. The van der Waals surface area contributed by atoms with Crippen LogP contribution in [0.2, 0.25) is 0 Å². The minimum absolute atomic E-state index is 0.0529. The van der Waals surface area contributed by atoms with Crippen LogP contribution in [0.5, 0.6) is 0 Å². The highest BCUT2D eigenvalue weighted by Crippen LogP contribution is 2.22.